The normalized spacial score (nSPS) is 14.7. The lowest BCUT2D eigenvalue weighted by atomic mass is 9.93. The molecule has 30 heavy (non-hydrogen) atoms. The molecule has 0 nitrogen and oxygen atoms in total. The molecule has 0 bridgehead atoms. The molecule has 182 valence electrons. The predicted octanol–water partition coefficient (Wildman–Crippen LogP) is 11.5. The van der Waals surface area contributed by atoms with Crippen LogP contribution in [-0.2, 0) is 0 Å². The fourth-order valence-corrected chi connectivity index (χ4v) is 4.80. The zero-order valence-corrected chi connectivity index (χ0v) is 22.3. The van der Waals surface area contributed by atoms with Crippen LogP contribution in [0.25, 0.3) is 0 Å². The molecule has 0 aliphatic heterocycles. The van der Waals surface area contributed by atoms with E-state index in [1.165, 1.54) is 141 Å². The molecule has 0 N–H and O–H groups in total. The van der Waals surface area contributed by atoms with Crippen LogP contribution in [0.4, 0.5) is 0 Å². The first-order valence-corrected chi connectivity index (χ1v) is 14.6. The Kier molecular flexibility index (Phi) is 23.7. The number of hydrogen-bond donors (Lipinski definition) is 0. The molecule has 0 radical (unpaired) electrons. The molecule has 0 saturated heterocycles. The fourth-order valence-electron chi connectivity index (χ4n) is 4.80. The van der Waals surface area contributed by atoms with Crippen LogP contribution in [0.15, 0.2) is 0 Å². The van der Waals surface area contributed by atoms with Crippen LogP contribution in [0.2, 0.25) is 0 Å². The van der Waals surface area contributed by atoms with Crippen molar-refractivity contribution in [2.24, 2.45) is 17.8 Å². The van der Waals surface area contributed by atoms with Gasteiger partial charge >= 0.3 is 0 Å². The van der Waals surface area contributed by atoms with Crippen LogP contribution in [0, 0.1) is 17.8 Å². The summed E-state index contributed by atoms with van der Waals surface area (Å²) in [6, 6.07) is 0. The Labute approximate surface area is 193 Å². The van der Waals surface area contributed by atoms with Gasteiger partial charge in [-0.3, -0.25) is 0 Å². The molecule has 0 heterocycles. The minimum atomic E-state index is 0.935. The molecular formula is C30H62. The second-order valence-electron chi connectivity index (χ2n) is 11.0. The first kappa shape index (κ1) is 30.0. The highest BCUT2D eigenvalue weighted by atomic mass is 14.1. The standard InChI is InChI=1S/C30H62/c1-6-8-9-10-11-12-13-14-16-19-23-29(4)24-20-17-15-18-21-25-30(5)27-22-26-28(3)7-2/h28-30H,6-27H2,1-5H3. The Morgan fingerprint density at radius 3 is 1.00 bits per heavy atom. The van der Waals surface area contributed by atoms with Crippen LogP contribution in [0.1, 0.15) is 176 Å². The van der Waals surface area contributed by atoms with Crippen molar-refractivity contribution in [3.63, 3.8) is 0 Å². The summed E-state index contributed by atoms with van der Waals surface area (Å²) in [6.07, 6.45) is 32.1. The predicted molar refractivity (Wildman–Crippen MR) is 140 cm³/mol. The minimum Gasteiger partial charge on any atom is -0.0654 e. The van der Waals surface area contributed by atoms with E-state index in [4.69, 9.17) is 0 Å². The Balaban J connectivity index is 3.27. The van der Waals surface area contributed by atoms with E-state index in [2.05, 4.69) is 34.6 Å². The topological polar surface area (TPSA) is 0 Å². The summed E-state index contributed by atoms with van der Waals surface area (Å²) in [6.45, 7) is 12.0. The average Bonchev–Trinajstić information content (AvgIpc) is 2.74. The van der Waals surface area contributed by atoms with Crippen LogP contribution < -0.4 is 0 Å². The molecule has 0 heteroatoms. The summed E-state index contributed by atoms with van der Waals surface area (Å²) in [5, 5.41) is 0. The summed E-state index contributed by atoms with van der Waals surface area (Å²) in [4.78, 5) is 0. The van der Waals surface area contributed by atoms with Crippen molar-refractivity contribution in [2.75, 3.05) is 0 Å². The summed E-state index contributed by atoms with van der Waals surface area (Å²) >= 11 is 0. The van der Waals surface area contributed by atoms with Gasteiger partial charge in [0.15, 0.2) is 0 Å². The van der Waals surface area contributed by atoms with Gasteiger partial charge in [-0.15, -0.1) is 0 Å². The molecule has 3 unspecified atom stereocenters. The first-order valence-electron chi connectivity index (χ1n) is 14.6. The van der Waals surface area contributed by atoms with Crippen LogP contribution in [-0.4, -0.2) is 0 Å². The van der Waals surface area contributed by atoms with Gasteiger partial charge in [0.05, 0.1) is 0 Å². The van der Waals surface area contributed by atoms with E-state index in [9.17, 15) is 0 Å². The van der Waals surface area contributed by atoms with Gasteiger partial charge < -0.3 is 0 Å². The van der Waals surface area contributed by atoms with E-state index >= 15 is 0 Å². The van der Waals surface area contributed by atoms with E-state index in [1.807, 2.05) is 0 Å². The van der Waals surface area contributed by atoms with Crippen molar-refractivity contribution in [2.45, 2.75) is 176 Å². The SMILES string of the molecule is CCCCCCCCCCCCC(C)CCCCCCCC(C)CCCC(C)CC. The van der Waals surface area contributed by atoms with Gasteiger partial charge in [0.2, 0.25) is 0 Å². The van der Waals surface area contributed by atoms with E-state index in [-0.39, 0.29) is 0 Å². The van der Waals surface area contributed by atoms with Gasteiger partial charge in [-0.25, -0.2) is 0 Å². The van der Waals surface area contributed by atoms with Gasteiger partial charge in [0.1, 0.15) is 0 Å². The molecule has 0 aliphatic carbocycles. The van der Waals surface area contributed by atoms with Gasteiger partial charge in [0.25, 0.3) is 0 Å². The second kappa shape index (κ2) is 23.7. The quantitative estimate of drug-likeness (QED) is 0.136. The monoisotopic (exact) mass is 422 g/mol. The Bertz CT molecular complexity index is 307. The average molecular weight is 423 g/mol. The maximum absolute atomic E-state index is 2.49. The summed E-state index contributed by atoms with van der Waals surface area (Å²) in [7, 11) is 0. The molecule has 0 aromatic heterocycles. The van der Waals surface area contributed by atoms with Gasteiger partial charge in [-0.05, 0) is 17.8 Å². The van der Waals surface area contributed by atoms with Crippen LogP contribution in [0.5, 0.6) is 0 Å². The van der Waals surface area contributed by atoms with Gasteiger partial charge in [-0.2, -0.15) is 0 Å². The number of unbranched alkanes of at least 4 members (excludes halogenated alkanes) is 13. The molecule has 0 rings (SSSR count). The lowest BCUT2D eigenvalue weighted by molar-refractivity contribution is 0.401. The maximum atomic E-state index is 2.49. The van der Waals surface area contributed by atoms with E-state index in [1.54, 1.807) is 0 Å². The molecule has 0 spiro atoms. The number of hydrogen-bond acceptors (Lipinski definition) is 0. The Morgan fingerprint density at radius 1 is 0.333 bits per heavy atom. The third-order valence-electron chi connectivity index (χ3n) is 7.54. The fraction of sp³-hybridized carbons (Fsp3) is 1.00. The summed E-state index contributed by atoms with van der Waals surface area (Å²) in [5.41, 5.74) is 0. The molecule has 0 aromatic rings. The molecule has 0 aliphatic rings. The minimum absolute atomic E-state index is 0.935. The zero-order chi connectivity index (χ0) is 22.3. The smallest absolute Gasteiger partial charge is 0.0443 e. The molecule has 0 aromatic carbocycles. The summed E-state index contributed by atoms with van der Waals surface area (Å²) < 4.78 is 0. The molecule has 0 saturated carbocycles. The van der Waals surface area contributed by atoms with Gasteiger partial charge in [-0.1, -0.05) is 176 Å². The van der Waals surface area contributed by atoms with Crippen molar-refractivity contribution in [1.82, 2.24) is 0 Å². The first-order chi connectivity index (χ1) is 14.6. The molecule has 0 amide bonds. The van der Waals surface area contributed by atoms with E-state index in [0.29, 0.717) is 0 Å². The van der Waals surface area contributed by atoms with Crippen LogP contribution >= 0.6 is 0 Å². The van der Waals surface area contributed by atoms with Gasteiger partial charge in [0, 0.05) is 0 Å². The highest BCUT2D eigenvalue weighted by Gasteiger charge is 2.05. The van der Waals surface area contributed by atoms with Crippen molar-refractivity contribution in [3.8, 4) is 0 Å². The Hall–Kier alpha value is 0. The number of rotatable bonds is 24. The maximum Gasteiger partial charge on any atom is -0.0443 e. The van der Waals surface area contributed by atoms with Crippen molar-refractivity contribution in [1.29, 1.82) is 0 Å². The lowest BCUT2D eigenvalue weighted by Crippen LogP contribution is -1.98. The third-order valence-corrected chi connectivity index (χ3v) is 7.54. The van der Waals surface area contributed by atoms with E-state index < -0.39 is 0 Å². The lowest BCUT2D eigenvalue weighted by Gasteiger charge is -2.13. The molecular weight excluding hydrogens is 360 g/mol. The van der Waals surface area contributed by atoms with Crippen molar-refractivity contribution < 1.29 is 0 Å². The third kappa shape index (κ3) is 22.7. The highest BCUT2D eigenvalue weighted by molar-refractivity contribution is 4.59. The van der Waals surface area contributed by atoms with Crippen molar-refractivity contribution in [3.05, 3.63) is 0 Å². The van der Waals surface area contributed by atoms with Crippen molar-refractivity contribution >= 4 is 0 Å². The summed E-state index contributed by atoms with van der Waals surface area (Å²) in [5.74, 6) is 2.85. The zero-order valence-electron chi connectivity index (χ0n) is 22.3. The largest absolute Gasteiger partial charge is 0.0654 e. The highest BCUT2D eigenvalue weighted by Crippen LogP contribution is 2.21. The van der Waals surface area contributed by atoms with Crippen LogP contribution in [0.3, 0.4) is 0 Å². The molecule has 3 atom stereocenters. The molecule has 0 fully saturated rings. The van der Waals surface area contributed by atoms with E-state index in [0.717, 1.165) is 17.8 Å². The Morgan fingerprint density at radius 2 is 0.633 bits per heavy atom. The second-order valence-corrected chi connectivity index (χ2v) is 11.0.